The van der Waals surface area contributed by atoms with E-state index in [2.05, 4.69) is 26.9 Å². The van der Waals surface area contributed by atoms with E-state index >= 15 is 0 Å². The second kappa shape index (κ2) is 6.23. The number of rotatable bonds is 2. The van der Waals surface area contributed by atoms with Crippen LogP contribution in [-0.2, 0) is 6.42 Å². The molecule has 3 aromatic rings. The van der Waals surface area contributed by atoms with E-state index < -0.39 is 0 Å². The van der Waals surface area contributed by atoms with Gasteiger partial charge in [-0.15, -0.1) is 0 Å². The lowest BCUT2D eigenvalue weighted by Crippen LogP contribution is -2.34. The number of H-pyrrole nitrogens is 1. The molecule has 2 saturated carbocycles. The third kappa shape index (κ3) is 2.64. The van der Waals surface area contributed by atoms with Gasteiger partial charge in [0, 0.05) is 29.5 Å². The highest BCUT2D eigenvalue weighted by Crippen LogP contribution is 2.49. The molecule has 0 bridgehead atoms. The van der Waals surface area contributed by atoms with Crippen molar-refractivity contribution in [3.63, 3.8) is 0 Å². The van der Waals surface area contributed by atoms with Crippen LogP contribution in [0, 0.1) is 11.8 Å². The maximum absolute atomic E-state index is 5.63. The van der Waals surface area contributed by atoms with Crippen molar-refractivity contribution >= 4 is 17.0 Å². The summed E-state index contributed by atoms with van der Waals surface area (Å²) in [7, 11) is 0. The Hall–Kier alpha value is -2.43. The molecular formula is C19H23N5. The summed E-state index contributed by atoms with van der Waals surface area (Å²) in [6, 6.07) is 3.88. The minimum Gasteiger partial charge on any atom is -0.368 e. The van der Waals surface area contributed by atoms with Gasteiger partial charge in [-0.3, -0.25) is 0 Å². The first-order valence-corrected chi connectivity index (χ1v) is 8.80. The van der Waals surface area contributed by atoms with Crippen LogP contribution in [0.3, 0.4) is 0 Å². The zero-order chi connectivity index (χ0) is 16.5. The average molecular weight is 321 g/mol. The van der Waals surface area contributed by atoms with Crippen molar-refractivity contribution in [1.29, 1.82) is 0 Å². The Balaban J connectivity index is 0.000000201. The second-order valence-electron chi connectivity index (χ2n) is 6.72. The molecule has 0 aromatic carbocycles. The van der Waals surface area contributed by atoms with Gasteiger partial charge in [0.15, 0.2) is 0 Å². The SMILES string of the molecule is C1CC2CCC12.CCc1ccnc2[nH]cc(-c3ccnc(N)n3)c12. The number of nitrogens with two attached hydrogens (primary N) is 1. The Morgan fingerprint density at radius 2 is 1.79 bits per heavy atom. The first-order valence-electron chi connectivity index (χ1n) is 8.80. The monoisotopic (exact) mass is 321 g/mol. The fourth-order valence-electron chi connectivity index (χ4n) is 3.71. The predicted molar refractivity (Wildman–Crippen MR) is 96.4 cm³/mol. The fraction of sp³-hybridized carbons (Fsp3) is 0.421. The number of aromatic nitrogens is 4. The first-order chi connectivity index (χ1) is 11.8. The zero-order valence-electron chi connectivity index (χ0n) is 14.0. The molecule has 0 unspecified atom stereocenters. The largest absolute Gasteiger partial charge is 0.368 e. The lowest BCUT2D eigenvalue weighted by molar-refractivity contribution is 0.0548. The number of pyridine rings is 1. The Labute approximate surface area is 141 Å². The van der Waals surface area contributed by atoms with Crippen LogP contribution in [0.2, 0.25) is 0 Å². The normalized spacial score (nSPS) is 21.2. The van der Waals surface area contributed by atoms with E-state index in [1.54, 1.807) is 31.9 Å². The quantitative estimate of drug-likeness (QED) is 0.748. The van der Waals surface area contributed by atoms with Gasteiger partial charge in [-0.1, -0.05) is 6.92 Å². The number of hydrogen-bond donors (Lipinski definition) is 2. The number of nitrogen functional groups attached to an aromatic ring is 1. The Bertz CT molecular complexity index is 836. The smallest absolute Gasteiger partial charge is 0.220 e. The highest BCUT2D eigenvalue weighted by molar-refractivity contribution is 5.95. The number of nitrogens with one attached hydrogen (secondary N) is 1. The fourth-order valence-corrected chi connectivity index (χ4v) is 3.71. The molecule has 0 aliphatic heterocycles. The number of fused-ring (bicyclic) bond motifs is 2. The molecule has 0 atom stereocenters. The molecule has 2 fully saturated rings. The molecule has 3 heterocycles. The summed E-state index contributed by atoms with van der Waals surface area (Å²) >= 11 is 0. The molecule has 2 aliphatic rings. The van der Waals surface area contributed by atoms with Gasteiger partial charge in [0.1, 0.15) is 5.65 Å². The molecule has 0 spiro atoms. The van der Waals surface area contributed by atoms with Crippen molar-refractivity contribution in [2.45, 2.75) is 39.0 Å². The lowest BCUT2D eigenvalue weighted by Gasteiger charge is -2.46. The third-order valence-corrected chi connectivity index (χ3v) is 5.47. The molecular weight excluding hydrogens is 298 g/mol. The van der Waals surface area contributed by atoms with E-state index in [1.165, 1.54) is 17.4 Å². The molecule has 24 heavy (non-hydrogen) atoms. The molecule has 5 heteroatoms. The molecule has 124 valence electrons. The van der Waals surface area contributed by atoms with Gasteiger partial charge in [-0.2, -0.15) is 0 Å². The van der Waals surface area contributed by atoms with Crippen LogP contribution in [0.1, 0.15) is 38.2 Å². The molecule has 0 radical (unpaired) electrons. The first kappa shape index (κ1) is 15.1. The summed E-state index contributed by atoms with van der Waals surface area (Å²) in [5.74, 6) is 2.71. The zero-order valence-corrected chi connectivity index (χ0v) is 14.0. The van der Waals surface area contributed by atoms with Gasteiger partial charge in [-0.05, 0) is 61.6 Å². The molecule has 0 saturated heterocycles. The number of nitrogens with zero attached hydrogens (tertiary/aromatic N) is 3. The van der Waals surface area contributed by atoms with E-state index in [-0.39, 0.29) is 5.95 Å². The summed E-state index contributed by atoms with van der Waals surface area (Å²) in [4.78, 5) is 15.7. The van der Waals surface area contributed by atoms with Crippen LogP contribution in [0.25, 0.3) is 22.3 Å². The third-order valence-electron chi connectivity index (χ3n) is 5.47. The van der Waals surface area contributed by atoms with Gasteiger partial charge in [0.2, 0.25) is 5.95 Å². The van der Waals surface area contributed by atoms with Crippen molar-refractivity contribution < 1.29 is 0 Å². The van der Waals surface area contributed by atoms with Crippen LogP contribution in [-0.4, -0.2) is 19.9 Å². The van der Waals surface area contributed by atoms with Crippen LogP contribution in [0.4, 0.5) is 5.95 Å². The molecule has 2 aliphatic carbocycles. The van der Waals surface area contributed by atoms with E-state index in [1.807, 2.05) is 24.5 Å². The minimum absolute atomic E-state index is 0.281. The number of hydrogen-bond acceptors (Lipinski definition) is 4. The summed E-state index contributed by atoms with van der Waals surface area (Å²) in [6.45, 7) is 2.12. The van der Waals surface area contributed by atoms with Crippen molar-refractivity contribution in [2.75, 3.05) is 5.73 Å². The van der Waals surface area contributed by atoms with Crippen LogP contribution in [0.5, 0.6) is 0 Å². The Morgan fingerprint density at radius 1 is 1.08 bits per heavy atom. The van der Waals surface area contributed by atoms with Crippen LogP contribution >= 0.6 is 0 Å². The second-order valence-corrected chi connectivity index (χ2v) is 6.72. The number of aromatic amines is 1. The summed E-state index contributed by atoms with van der Waals surface area (Å²) in [6.07, 6.45) is 12.6. The van der Waals surface area contributed by atoms with Crippen molar-refractivity contribution in [3.8, 4) is 11.3 Å². The molecule has 3 aromatic heterocycles. The maximum Gasteiger partial charge on any atom is 0.220 e. The van der Waals surface area contributed by atoms with Gasteiger partial charge >= 0.3 is 0 Å². The van der Waals surface area contributed by atoms with E-state index in [0.717, 1.165) is 28.7 Å². The standard InChI is InChI=1S/C13H13N5.C6H10/c1-2-8-3-5-15-12-11(8)9(7-17-12)10-4-6-16-13(14)18-10;1-2-6-4-3-5(1)6/h3-7H,2H2,1H3,(H,15,17)(H2,14,16,18);5-6H,1-4H2. The number of aryl methyl sites for hydroxylation is 1. The maximum atomic E-state index is 5.63. The molecule has 5 nitrogen and oxygen atoms in total. The van der Waals surface area contributed by atoms with Gasteiger partial charge < -0.3 is 10.7 Å². The number of anilines is 1. The highest BCUT2D eigenvalue weighted by atomic mass is 15.0. The van der Waals surface area contributed by atoms with Gasteiger partial charge in [0.05, 0.1) is 5.69 Å². The molecule has 5 rings (SSSR count). The van der Waals surface area contributed by atoms with E-state index in [9.17, 15) is 0 Å². The summed E-state index contributed by atoms with van der Waals surface area (Å²) in [5.41, 5.74) is 9.59. The Kier molecular flexibility index (Phi) is 3.92. The van der Waals surface area contributed by atoms with Crippen molar-refractivity contribution in [3.05, 3.63) is 36.3 Å². The van der Waals surface area contributed by atoms with Crippen LogP contribution in [0.15, 0.2) is 30.7 Å². The van der Waals surface area contributed by atoms with Gasteiger partial charge in [0.25, 0.3) is 0 Å². The topological polar surface area (TPSA) is 80.5 Å². The van der Waals surface area contributed by atoms with E-state index in [4.69, 9.17) is 5.73 Å². The summed E-state index contributed by atoms with van der Waals surface area (Å²) in [5, 5.41) is 1.11. The predicted octanol–water partition coefficient (Wildman–Crippen LogP) is 3.97. The Morgan fingerprint density at radius 3 is 2.38 bits per heavy atom. The van der Waals surface area contributed by atoms with Gasteiger partial charge in [-0.25, -0.2) is 15.0 Å². The highest BCUT2D eigenvalue weighted by Gasteiger charge is 2.37. The summed E-state index contributed by atoms with van der Waals surface area (Å²) < 4.78 is 0. The van der Waals surface area contributed by atoms with Crippen molar-refractivity contribution in [1.82, 2.24) is 19.9 Å². The van der Waals surface area contributed by atoms with Crippen LogP contribution < -0.4 is 5.73 Å². The lowest BCUT2D eigenvalue weighted by atomic mass is 9.60. The van der Waals surface area contributed by atoms with Crippen molar-refractivity contribution in [2.24, 2.45) is 11.8 Å². The minimum atomic E-state index is 0.281. The molecule has 0 amide bonds. The molecule has 3 N–H and O–H groups in total. The average Bonchev–Trinajstić information content (AvgIpc) is 3.03. The van der Waals surface area contributed by atoms with E-state index in [0.29, 0.717) is 0 Å².